The van der Waals surface area contributed by atoms with Gasteiger partial charge in [-0.25, -0.2) is 4.98 Å². The van der Waals surface area contributed by atoms with E-state index in [9.17, 15) is 0 Å². The van der Waals surface area contributed by atoms with Gasteiger partial charge in [0.1, 0.15) is 5.15 Å². The molecule has 2 atom stereocenters. The molecule has 1 saturated carbocycles. The molecule has 2 nitrogen and oxygen atoms in total. The lowest BCUT2D eigenvalue weighted by Crippen LogP contribution is -2.34. The molecule has 15 heavy (non-hydrogen) atoms. The highest BCUT2D eigenvalue weighted by atomic mass is 35.5. The van der Waals surface area contributed by atoms with Crippen molar-refractivity contribution in [2.24, 2.45) is 5.92 Å². The Morgan fingerprint density at radius 1 is 1.33 bits per heavy atom. The first kappa shape index (κ1) is 9.91. The number of nitrogens with zero attached hydrogens (tertiary/aromatic N) is 2. The highest BCUT2D eigenvalue weighted by Gasteiger charge is 2.36. The molecule has 1 aromatic rings. The van der Waals surface area contributed by atoms with Crippen molar-refractivity contribution in [1.82, 2.24) is 4.98 Å². The highest BCUT2D eigenvalue weighted by molar-refractivity contribution is 7.14. The van der Waals surface area contributed by atoms with Gasteiger partial charge in [0.2, 0.25) is 0 Å². The lowest BCUT2D eigenvalue weighted by molar-refractivity contribution is 0.342. The van der Waals surface area contributed by atoms with Crippen molar-refractivity contribution in [2.75, 3.05) is 11.4 Å². The molecule has 1 aliphatic carbocycles. The number of halogens is 1. The Labute approximate surface area is 99.3 Å². The number of hydrogen-bond acceptors (Lipinski definition) is 3. The molecule has 1 aromatic heterocycles. The number of anilines is 1. The third kappa shape index (κ3) is 1.76. The molecule has 1 aliphatic heterocycles. The Hall–Kier alpha value is -0.280. The molecule has 2 unspecified atom stereocenters. The molecular formula is C11H15ClN2S. The van der Waals surface area contributed by atoms with Gasteiger partial charge in [0, 0.05) is 18.0 Å². The molecule has 0 N–H and O–H groups in total. The highest BCUT2D eigenvalue weighted by Crippen LogP contribution is 2.39. The van der Waals surface area contributed by atoms with E-state index < -0.39 is 0 Å². The molecule has 2 aliphatic rings. The van der Waals surface area contributed by atoms with Gasteiger partial charge in [0.25, 0.3) is 0 Å². The Morgan fingerprint density at radius 3 is 3.00 bits per heavy atom. The molecule has 2 heterocycles. The van der Waals surface area contributed by atoms with E-state index in [1.54, 1.807) is 11.3 Å². The predicted octanol–water partition coefficient (Wildman–Crippen LogP) is 3.57. The average Bonchev–Trinajstić information content (AvgIpc) is 2.83. The average molecular weight is 243 g/mol. The first-order chi connectivity index (χ1) is 7.34. The number of fused-ring (bicyclic) bond motifs is 1. The zero-order valence-electron chi connectivity index (χ0n) is 8.66. The van der Waals surface area contributed by atoms with Gasteiger partial charge in [-0.05, 0) is 25.2 Å². The maximum atomic E-state index is 5.89. The van der Waals surface area contributed by atoms with Crippen LogP contribution < -0.4 is 4.90 Å². The lowest BCUT2D eigenvalue weighted by Gasteiger charge is -2.31. The number of hydrogen-bond donors (Lipinski definition) is 0. The number of thiazole rings is 1. The minimum Gasteiger partial charge on any atom is -0.345 e. The summed E-state index contributed by atoms with van der Waals surface area (Å²) < 4.78 is 0. The molecule has 0 aromatic carbocycles. The van der Waals surface area contributed by atoms with Crippen LogP contribution in [0.2, 0.25) is 5.15 Å². The Kier molecular flexibility index (Phi) is 2.61. The first-order valence-electron chi connectivity index (χ1n) is 5.72. The van der Waals surface area contributed by atoms with Gasteiger partial charge in [-0.3, -0.25) is 0 Å². The third-order valence-electron chi connectivity index (χ3n) is 3.72. The van der Waals surface area contributed by atoms with Crippen molar-refractivity contribution in [3.8, 4) is 0 Å². The van der Waals surface area contributed by atoms with Gasteiger partial charge < -0.3 is 4.90 Å². The third-order valence-corrected chi connectivity index (χ3v) is 4.92. The van der Waals surface area contributed by atoms with Crippen molar-refractivity contribution >= 4 is 28.1 Å². The molecule has 2 fully saturated rings. The van der Waals surface area contributed by atoms with Gasteiger partial charge in [0.05, 0.1) is 0 Å². The van der Waals surface area contributed by atoms with Crippen LogP contribution in [-0.4, -0.2) is 17.6 Å². The molecule has 0 bridgehead atoms. The summed E-state index contributed by atoms with van der Waals surface area (Å²) in [6, 6.07) is 0.751. The monoisotopic (exact) mass is 242 g/mol. The summed E-state index contributed by atoms with van der Waals surface area (Å²) in [5.74, 6) is 0.918. The molecular weight excluding hydrogens is 228 g/mol. The first-order valence-corrected chi connectivity index (χ1v) is 6.98. The van der Waals surface area contributed by atoms with Crippen molar-refractivity contribution in [2.45, 2.75) is 38.1 Å². The lowest BCUT2D eigenvalue weighted by atomic mass is 9.85. The fraction of sp³-hybridized carbons (Fsp3) is 0.727. The van der Waals surface area contributed by atoms with Gasteiger partial charge >= 0.3 is 0 Å². The van der Waals surface area contributed by atoms with E-state index in [4.69, 9.17) is 11.6 Å². The molecule has 3 rings (SSSR count). The van der Waals surface area contributed by atoms with Crippen LogP contribution in [-0.2, 0) is 0 Å². The maximum absolute atomic E-state index is 5.89. The van der Waals surface area contributed by atoms with Gasteiger partial charge in [-0.15, -0.1) is 11.3 Å². The van der Waals surface area contributed by atoms with E-state index in [-0.39, 0.29) is 0 Å². The van der Waals surface area contributed by atoms with Crippen LogP contribution in [0.4, 0.5) is 5.13 Å². The molecule has 0 amide bonds. The minimum atomic E-state index is 0.647. The summed E-state index contributed by atoms with van der Waals surface area (Å²) in [6.45, 7) is 1.18. The summed E-state index contributed by atoms with van der Waals surface area (Å²) >= 11 is 7.57. The van der Waals surface area contributed by atoms with Crippen LogP contribution in [0.15, 0.2) is 5.38 Å². The van der Waals surface area contributed by atoms with Gasteiger partial charge in [0.15, 0.2) is 5.13 Å². The normalized spacial score (nSPS) is 30.6. The second-order valence-electron chi connectivity index (χ2n) is 4.55. The Bertz CT molecular complexity index is 352. The van der Waals surface area contributed by atoms with Crippen molar-refractivity contribution in [3.05, 3.63) is 10.5 Å². The van der Waals surface area contributed by atoms with Gasteiger partial charge in [-0.2, -0.15) is 0 Å². The second-order valence-corrected chi connectivity index (χ2v) is 5.77. The standard InChI is InChI=1S/C11H15ClN2S/c12-10-7-15-11(13-10)14-6-5-8-3-1-2-4-9(8)14/h7-9H,1-6H2. The SMILES string of the molecule is Clc1csc(N2CCC3CCCCC32)n1. The zero-order chi connectivity index (χ0) is 10.3. The Balaban J connectivity index is 1.82. The van der Waals surface area contributed by atoms with Gasteiger partial charge in [-0.1, -0.05) is 24.4 Å². The summed E-state index contributed by atoms with van der Waals surface area (Å²) in [5, 5.41) is 3.72. The van der Waals surface area contributed by atoms with Crippen LogP contribution in [0.1, 0.15) is 32.1 Å². The maximum Gasteiger partial charge on any atom is 0.187 e. The number of rotatable bonds is 1. The zero-order valence-corrected chi connectivity index (χ0v) is 10.2. The summed E-state index contributed by atoms with van der Waals surface area (Å²) in [7, 11) is 0. The van der Waals surface area contributed by atoms with Crippen molar-refractivity contribution in [3.63, 3.8) is 0 Å². The van der Waals surface area contributed by atoms with E-state index in [0.717, 1.165) is 17.1 Å². The van der Waals surface area contributed by atoms with Crippen LogP contribution in [0.3, 0.4) is 0 Å². The van der Waals surface area contributed by atoms with Crippen LogP contribution in [0, 0.1) is 5.92 Å². The molecule has 0 radical (unpaired) electrons. The fourth-order valence-corrected chi connectivity index (χ4v) is 4.05. The Morgan fingerprint density at radius 2 is 2.20 bits per heavy atom. The van der Waals surface area contributed by atoms with Crippen LogP contribution >= 0.6 is 22.9 Å². The fourth-order valence-electron chi connectivity index (χ4n) is 3.02. The molecule has 4 heteroatoms. The van der Waals surface area contributed by atoms with E-state index in [1.807, 2.05) is 5.38 Å². The van der Waals surface area contributed by atoms with E-state index >= 15 is 0 Å². The van der Waals surface area contributed by atoms with Crippen molar-refractivity contribution < 1.29 is 0 Å². The molecule has 82 valence electrons. The second kappa shape index (κ2) is 3.95. The molecule has 0 spiro atoms. The summed E-state index contributed by atoms with van der Waals surface area (Å²) in [6.07, 6.45) is 6.93. The summed E-state index contributed by atoms with van der Waals surface area (Å²) in [4.78, 5) is 6.88. The largest absolute Gasteiger partial charge is 0.345 e. The van der Waals surface area contributed by atoms with E-state index in [2.05, 4.69) is 9.88 Å². The minimum absolute atomic E-state index is 0.647. The van der Waals surface area contributed by atoms with Crippen LogP contribution in [0.5, 0.6) is 0 Å². The van der Waals surface area contributed by atoms with E-state index in [0.29, 0.717) is 5.15 Å². The number of aromatic nitrogens is 1. The van der Waals surface area contributed by atoms with Crippen molar-refractivity contribution in [1.29, 1.82) is 0 Å². The smallest absolute Gasteiger partial charge is 0.187 e. The summed E-state index contributed by atoms with van der Waals surface area (Å²) in [5.41, 5.74) is 0. The van der Waals surface area contributed by atoms with E-state index in [1.165, 1.54) is 38.6 Å². The predicted molar refractivity (Wildman–Crippen MR) is 64.8 cm³/mol. The van der Waals surface area contributed by atoms with Crippen LogP contribution in [0.25, 0.3) is 0 Å². The quantitative estimate of drug-likeness (QED) is 0.749. The molecule has 1 saturated heterocycles. The topological polar surface area (TPSA) is 16.1 Å².